The van der Waals surface area contributed by atoms with Gasteiger partial charge in [0.2, 0.25) is 5.91 Å². The van der Waals surface area contributed by atoms with Crippen LogP contribution in [0.3, 0.4) is 0 Å². The molecule has 3 heteroatoms. The van der Waals surface area contributed by atoms with E-state index >= 15 is 0 Å². The molecule has 0 saturated heterocycles. The molecule has 1 fully saturated rings. The van der Waals surface area contributed by atoms with E-state index in [9.17, 15) is 4.79 Å². The molecule has 18 heavy (non-hydrogen) atoms. The fraction of sp³-hybridized carbons (Fsp3) is 0.533. The maximum absolute atomic E-state index is 12.1. The van der Waals surface area contributed by atoms with E-state index in [0.717, 1.165) is 25.7 Å². The van der Waals surface area contributed by atoms with Crippen molar-refractivity contribution in [2.75, 3.05) is 0 Å². The maximum atomic E-state index is 12.1. The molecule has 1 aromatic rings. The number of benzene rings is 1. The predicted molar refractivity (Wildman–Crippen MR) is 73.0 cm³/mol. The lowest BCUT2D eigenvalue weighted by Crippen LogP contribution is -2.37. The second kappa shape index (κ2) is 6.01. The fourth-order valence-corrected chi connectivity index (χ4v) is 2.60. The van der Waals surface area contributed by atoms with E-state index in [0.29, 0.717) is 6.54 Å². The van der Waals surface area contributed by atoms with Gasteiger partial charge in [-0.1, -0.05) is 30.7 Å². The van der Waals surface area contributed by atoms with Gasteiger partial charge >= 0.3 is 0 Å². The van der Waals surface area contributed by atoms with Gasteiger partial charge in [0.15, 0.2) is 0 Å². The Bertz CT molecular complexity index is 417. The highest BCUT2D eigenvalue weighted by Crippen LogP contribution is 2.23. The Morgan fingerprint density at radius 2 is 2.17 bits per heavy atom. The summed E-state index contributed by atoms with van der Waals surface area (Å²) in [5, 5.41) is 3.04. The van der Waals surface area contributed by atoms with Gasteiger partial charge in [0.05, 0.1) is 0 Å². The second-order valence-electron chi connectivity index (χ2n) is 5.27. The van der Waals surface area contributed by atoms with Crippen molar-refractivity contribution in [1.29, 1.82) is 0 Å². The summed E-state index contributed by atoms with van der Waals surface area (Å²) in [7, 11) is 0. The summed E-state index contributed by atoms with van der Waals surface area (Å²) in [5.41, 5.74) is 8.32. The zero-order valence-corrected chi connectivity index (χ0v) is 11.0. The monoisotopic (exact) mass is 246 g/mol. The first-order valence-corrected chi connectivity index (χ1v) is 6.74. The summed E-state index contributed by atoms with van der Waals surface area (Å²) in [6, 6.07) is 8.35. The van der Waals surface area contributed by atoms with Gasteiger partial charge < -0.3 is 11.1 Å². The lowest BCUT2D eigenvalue weighted by molar-refractivity contribution is -0.126. The van der Waals surface area contributed by atoms with Crippen LogP contribution >= 0.6 is 0 Å². The first-order valence-electron chi connectivity index (χ1n) is 6.74. The zero-order chi connectivity index (χ0) is 13.0. The molecular formula is C15H22N2O. The van der Waals surface area contributed by atoms with E-state index < -0.39 is 0 Å². The smallest absolute Gasteiger partial charge is 0.223 e. The number of aryl methyl sites for hydroxylation is 1. The predicted octanol–water partition coefficient (Wildman–Crippen LogP) is 2.13. The molecule has 0 aliphatic heterocycles. The van der Waals surface area contributed by atoms with Crippen LogP contribution in [0.15, 0.2) is 24.3 Å². The van der Waals surface area contributed by atoms with Crippen molar-refractivity contribution in [3.05, 3.63) is 35.4 Å². The van der Waals surface area contributed by atoms with Crippen LogP contribution in [0.2, 0.25) is 0 Å². The maximum Gasteiger partial charge on any atom is 0.223 e. The van der Waals surface area contributed by atoms with Crippen LogP contribution < -0.4 is 11.1 Å². The molecule has 3 N–H and O–H groups in total. The van der Waals surface area contributed by atoms with Gasteiger partial charge in [0.25, 0.3) is 0 Å². The Morgan fingerprint density at radius 1 is 1.39 bits per heavy atom. The molecule has 0 heterocycles. The SMILES string of the molecule is Cc1ccccc1CNC(=O)C1CCCC(N)C1. The van der Waals surface area contributed by atoms with Crippen LogP contribution in [0.5, 0.6) is 0 Å². The molecule has 0 radical (unpaired) electrons. The lowest BCUT2D eigenvalue weighted by Gasteiger charge is -2.25. The van der Waals surface area contributed by atoms with Crippen molar-refractivity contribution in [2.24, 2.45) is 11.7 Å². The van der Waals surface area contributed by atoms with Crippen LogP contribution in [0.4, 0.5) is 0 Å². The van der Waals surface area contributed by atoms with Crippen LogP contribution in [-0.4, -0.2) is 11.9 Å². The van der Waals surface area contributed by atoms with Crippen molar-refractivity contribution in [3.8, 4) is 0 Å². The highest BCUT2D eigenvalue weighted by molar-refractivity contribution is 5.78. The topological polar surface area (TPSA) is 55.1 Å². The standard InChI is InChI=1S/C15H22N2O/c1-11-5-2-3-6-13(11)10-17-15(18)12-7-4-8-14(16)9-12/h2-3,5-6,12,14H,4,7-10,16H2,1H3,(H,17,18). The van der Waals surface area contributed by atoms with Crippen LogP contribution in [-0.2, 0) is 11.3 Å². The third-order valence-corrected chi connectivity index (χ3v) is 3.80. The normalized spacial score (nSPS) is 23.7. The molecule has 2 unspecified atom stereocenters. The quantitative estimate of drug-likeness (QED) is 0.858. The summed E-state index contributed by atoms with van der Waals surface area (Å²) in [6.07, 6.45) is 3.94. The summed E-state index contributed by atoms with van der Waals surface area (Å²) in [4.78, 5) is 12.1. The number of carbonyl (C=O) groups is 1. The van der Waals surface area contributed by atoms with Crippen molar-refractivity contribution in [2.45, 2.75) is 45.2 Å². The number of amides is 1. The fourth-order valence-electron chi connectivity index (χ4n) is 2.60. The first kappa shape index (κ1) is 13.1. The van der Waals surface area contributed by atoms with Crippen molar-refractivity contribution >= 4 is 5.91 Å². The van der Waals surface area contributed by atoms with Gasteiger partial charge in [-0.3, -0.25) is 4.79 Å². The second-order valence-corrected chi connectivity index (χ2v) is 5.27. The Hall–Kier alpha value is -1.35. The molecule has 0 aromatic heterocycles. The Kier molecular flexibility index (Phi) is 4.37. The molecule has 0 spiro atoms. The molecule has 1 amide bonds. The molecule has 1 aromatic carbocycles. The van der Waals surface area contributed by atoms with Crippen molar-refractivity contribution in [3.63, 3.8) is 0 Å². The molecule has 1 aliphatic carbocycles. The van der Waals surface area contributed by atoms with E-state index in [4.69, 9.17) is 5.73 Å². The molecular weight excluding hydrogens is 224 g/mol. The van der Waals surface area contributed by atoms with Gasteiger partial charge in [-0.2, -0.15) is 0 Å². The van der Waals surface area contributed by atoms with Gasteiger partial charge in [-0.25, -0.2) is 0 Å². The average Bonchev–Trinajstić information content (AvgIpc) is 2.37. The number of nitrogens with one attached hydrogen (secondary N) is 1. The number of rotatable bonds is 3. The minimum atomic E-state index is 0.109. The zero-order valence-electron chi connectivity index (χ0n) is 11.0. The minimum Gasteiger partial charge on any atom is -0.352 e. The highest BCUT2D eigenvalue weighted by Gasteiger charge is 2.24. The largest absolute Gasteiger partial charge is 0.352 e. The Morgan fingerprint density at radius 3 is 2.89 bits per heavy atom. The van der Waals surface area contributed by atoms with E-state index in [2.05, 4.69) is 24.4 Å². The summed E-state index contributed by atoms with van der Waals surface area (Å²) in [5.74, 6) is 0.270. The minimum absolute atomic E-state index is 0.109. The van der Waals surface area contributed by atoms with Gasteiger partial charge in [-0.15, -0.1) is 0 Å². The first-order chi connectivity index (χ1) is 8.66. The van der Waals surface area contributed by atoms with E-state index in [1.807, 2.05) is 12.1 Å². The summed E-state index contributed by atoms with van der Waals surface area (Å²) >= 11 is 0. The Balaban J connectivity index is 1.86. The number of hydrogen-bond donors (Lipinski definition) is 2. The third kappa shape index (κ3) is 3.33. The third-order valence-electron chi connectivity index (χ3n) is 3.80. The van der Waals surface area contributed by atoms with Crippen LogP contribution in [0.25, 0.3) is 0 Å². The molecule has 1 aliphatic rings. The van der Waals surface area contributed by atoms with Crippen LogP contribution in [0.1, 0.15) is 36.8 Å². The van der Waals surface area contributed by atoms with E-state index in [1.54, 1.807) is 0 Å². The number of hydrogen-bond acceptors (Lipinski definition) is 2. The van der Waals surface area contributed by atoms with E-state index in [-0.39, 0.29) is 17.9 Å². The number of carbonyl (C=O) groups excluding carboxylic acids is 1. The molecule has 2 rings (SSSR count). The molecule has 1 saturated carbocycles. The van der Waals surface area contributed by atoms with Gasteiger partial charge in [0.1, 0.15) is 0 Å². The Labute approximate surface area is 109 Å². The summed E-state index contributed by atoms with van der Waals surface area (Å²) < 4.78 is 0. The molecule has 98 valence electrons. The molecule has 0 bridgehead atoms. The highest BCUT2D eigenvalue weighted by atomic mass is 16.1. The van der Waals surface area contributed by atoms with Crippen molar-refractivity contribution in [1.82, 2.24) is 5.32 Å². The lowest BCUT2D eigenvalue weighted by atomic mass is 9.85. The molecule has 3 nitrogen and oxygen atoms in total. The summed E-state index contributed by atoms with van der Waals surface area (Å²) in [6.45, 7) is 2.69. The average molecular weight is 246 g/mol. The number of nitrogens with two attached hydrogens (primary N) is 1. The van der Waals surface area contributed by atoms with E-state index in [1.165, 1.54) is 11.1 Å². The van der Waals surface area contributed by atoms with Crippen LogP contribution in [0, 0.1) is 12.8 Å². The molecule has 2 atom stereocenters. The van der Waals surface area contributed by atoms with Gasteiger partial charge in [0, 0.05) is 18.5 Å². The van der Waals surface area contributed by atoms with Crippen molar-refractivity contribution < 1.29 is 4.79 Å². The van der Waals surface area contributed by atoms with Gasteiger partial charge in [-0.05, 0) is 37.3 Å².